The molecule has 0 spiro atoms. The molecule has 0 heterocycles. The number of carbonyl (C=O) groups is 1. The number of carbonyl (C=O) groups excluding carboxylic acids is 1. The Labute approximate surface area is 79.7 Å². The predicted octanol–water partition coefficient (Wildman–Crippen LogP) is 1.92. The molecule has 0 aromatic heterocycles. The van der Waals surface area contributed by atoms with E-state index in [4.69, 9.17) is 9.47 Å². The zero-order valence-corrected chi connectivity index (χ0v) is 8.41. The molecule has 13 heavy (non-hydrogen) atoms. The van der Waals surface area contributed by atoms with E-state index in [0.29, 0.717) is 19.6 Å². The summed E-state index contributed by atoms with van der Waals surface area (Å²) >= 11 is 0. The van der Waals surface area contributed by atoms with Crippen molar-refractivity contribution in [2.75, 3.05) is 13.2 Å². The molecular formula is C10H18O3. The van der Waals surface area contributed by atoms with E-state index in [1.54, 1.807) is 6.08 Å². The summed E-state index contributed by atoms with van der Waals surface area (Å²) in [7, 11) is 0. The van der Waals surface area contributed by atoms with Gasteiger partial charge in [0.1, 0.15) is 6.61 Å². The van der Waals surface area contributed by atoms with Gasteiger partial charge in [0.25, 0.3) is 0 Å². The van der Waals surface area contributed by atoms with E-state index in [1.807, 2.05) is 13.8 Å². The second-order valence-electron chi connectivity index (χ2n) is 2.87. The molecule has 0 amide bonds. The average Bonchev–Trinajstić information content (AvgIpc) is 2.12. The normalized spacial score (nSPS) is 12.2. The van der Waals surface area contributed by atoms with Gasteiger partial charge >= 0.3 is 5.97 Å². The van der Waals surface area contributed by atoms with Gasteiger partial charge in [0.15, 0.2) is 0 Å². The highest BCUT2D eigenvalue weighted by molar-refractivity contribution is 5.69. The molecule has 3 heteroatoms. The minimum Gasteiger partial charge on any atom is -0.463 e. The van der Waals surface area contributed by atoms with Crippen molar-refractivity contribution < 1.29 is 14.3 Å². The SMILES string of the molecule is C=CCOC(C)COC(=O)CCC. The van der Waals surface area contributed by atoms with Crippen LogP contribution in [0.4, 0.5) is 0 Å². The predicted molar refractivity (Wildman–Crippen MR) is 51.5 cm³/mol. The summed E-state index contributed by atoms with van der Waals surface area (Å²) in [6, 6.07) is 0. The van der Waals surface area contributed by atoms with Gasteiger partial charge in [-0.1, -0.05) is 13.0 Å². The Morgan fingerprint density at radius 2 is 2.31 bits per heavy atom. The number of hydrogen-bond donors (Lipinski definition) is 0. The topological polar surface area (TPSA) is 35.5 Å². The Morgan fingerprint density at radius 1 is 1.62 bits per heavy atom. The van der Waals surface area contributed by atoms with Crippen LogP contribution in [0.1, 0.15) is 26.7 Å². The molecule has 0 bridgehead atoms. The molecule has 0 saturated heterocycles. The molecule has 1 atom stereocenters. The maximum absolute atomic E-state index is 10.9. The molecule has 0 aromatic carbocycles. The molecule has 0 aromatic rings. The smallest absolute Gasteiger partial charge is 0.305 e. The Balaban J connectivity index is 3.39. The Kier molecular flexibility index (Phi) is 7.30. The zero-order valence-electron chi connectivity index (χ0n) is 8.41. The first-order chi connectivity index (χ1) is 6.20. The lowest BCUT2D eigenvalue weighted by Crippen LogP contribution is -2.18. The molecule has 0 radical (unpaired) electrons. The van der Waals surface area contributed by atoms with Crippen LogP contribution in [0, 0.1) is 0 Å². The first kappa shape index (κ1) is 12.2. The van der Waals surface area contributed by atoms with E-state index in [-0.39, 0.29) is 12.1 Å². The van der Waals surface area contributed by atoms with Gasteiger partial charge < -0.3 is 9.47 Å². The maximum Gasteiger partial charge on any atom is 0.305 e. The summed E-state index contributed by atoms with van der Waals surface area (Å²) in [5.74, 6) is -0.156. The van der Waals surface area contributed by atoms with Crippen LogP contribution in [0.2, 0.25) is 0 Å². The van der Waals surface area contributed by atoms with Gasteiger partial charge in [-0.05, 0) is 13.3 Å². The summed E-state index contributed by atoms with van der Waals surface area (Å²) < 4.78 is 10.2. The van der Waals surface area contributed by atoms with Gasteiger partial charge in [-0.3, -0.25) is 4.79 Å². The monoisotopic (exact) mass is 186 g/mol. The second kappa shape index (κ2) is 7.80. The first-order valence-corrected chi connectivity index (χ1v) is 4.58. The first-order valence-electron chi connectivity index (χ1n) is 4.58. The lowest BCUT2D eigenvalue weighted by molar-refractivity contribution is -0.147. The second-order valence-corrected chi connectivity index (χ2v) is 2.87. The third kappa shape index (κ3) is 7.53. The minimum atomic E-state index is -0.156. The minimum absolute atomic E-state index is 0.0567. The van der Waals surface area contributed by atoms with Crippen LogP contribution in [0.5, 0.6) is 0 Å². The van der Waals surface area contributed by atoms with Gasteiger partial charge in [-0.25, -0.2) is 0 Å². The Hall–Kier alpha value is -0.830. The van der Waals surface area contributed by atoms with Crippen LogP contribution in [0.3, 0.4) is 0 Å². The van der Waals surface area contributed by atoms with Crippen LogP contribution in [0.15, 0.2) is 12.7 Å². The van der Waals surface area contributed by atoms with E-state index in [2.05, 4.69) is 6.58 Å². The highest BCUT2D eigenvalue weighted by atomic mass is 16.6. The molecule has 0 aliphatic heterocycles. The molecule has 0 aliphatic carbocycles. The molecule has 3 nitrogen and oxygen atoms in total. The van der Waals surface area contributed by atoms with Crippen molar-refractivity contribution in [3.8, 4) is 0 Å². The van der Waals surface area contributed by atoms with E-state index in [9.17, 15) is 4.79 Å². The van der Waals surface area contributed by atoms with Gasteiger partial charge in [0.05, 0.1) is 12.7 Å². The van der Waals surface area contributed by atoms with Crippen molar-refractivity contribution in [2.24, 2.45) is 0 Å². The Bertz CT molecular complexity index is 154. The molecule has 1 unspecified atom stereocenters. The Morgan fingerprint density at radius 3 is 2.85 bits per heavy atom. The molecular weight excluding hydrogens is 168 g/mol. The van der Waals surface area contributed by atoms with E-state index in [0.717, 1.165) is 6.42 Å². The van der Waals surface area contributed by atoms with Crippen molar-refractivity contribution in [3.63, 3.8) is 0 Å². The quantitative estimate of drug-likeness (QED) is 0.450. The van der Waals surface area contributed by atoms with Crippen molar-refractivity contribution in [3.05, 3.63) is 12.7 Å². The van der Waals surface area contributed by atoms with Crippen LogP contribution < -0.4 is 0 Å². The lowest BCUT2D eigenvalue weighted by atomic mass is 10.3. The summed E-state index contributed by atoms with van der Waals surface area (Å²) in [5, 5.41) is 0. The van der Waals surface area contributed by atoms with Gasteiger partial charge in [0.2, 0.25) is 0 Å². The van der Waals surface area contributed by atoms with Gasteiger partial charge in [0, 0.05) is 6.42 Å². The fourth-order valence-electron chi connectivity index (χ4n) is 0.767. The van der Waals surface area contributed by atoms with Crippen molar-refractivity contribution in [2.45, 2.75) is 32.8 Å². The molecule has 0 aliphatic rings. The summed E-state index contributed by atoms with van der Waals surface area (Å²) in [6.45, 7) is 8.15. The van der Waals surface area contributed by atoms with Crippen LogP contribution in [0.25, 0.3) is 0 Å². The van der Waals surface area contributed by atoms with E-state index < -0.39 is 0 Å². The highest BCUT2D eigenvalue weighted by Gasteiger charge is 2.05. The summed E-state index contributed by atoms with van der Waals surface area (Å²) in [5.41, 5.74) is 0. The third-order valence-corrected chi connectivity index (χ3v) is 1.43. The highest BCUT2D eigenvalue weighted by Crippen LogP contribution is 1.96. The molecule has 0 saturated carbocycles. The van der Waals surface area contributed by atoms with Crippen molar-refractivity contribution >= 4 is 5.97 Å². The fourth-order valence-corrected chi connectivity index (χ4v) is 0.767. The number of rotatable bonds is 7. The largest absolute Gasteiger partial charge is 0.463 e. The summed E-state index contributed by atoms with van der Waals surface area (Å²) in [6.07, 6.45) is 2.91. The lowest BCUT2D eigenvalue weighted by Gasteiger charge is -2.11. The zero-order chi connectivity index (χ0) is 10.1. The molecule has 0 rings (SSSR count). The van der Waals surface area contributed by atoms with Gasteiger partial charge in [-0.15, -0.1) is 6.58 Å². The third-order valence-electron chi connectivity index (χ3n) is 1.43. The molecule has 0 N–H and O–H groups in total. The number of ether oxygens (including phenoxy) is 2. The summed E-state index contributed by atoms with van der Waals surface area (Å²) in [4.78, 5) is 10.9. The number of esters is 1. The van der Waals surface area contributed by atoms with Crippen LogP contribution >= 0.6 is 0 Å². The van der Waals surface area contributed by atoms with Crippen molar-refractivity contribution in [1.29, 1.82) is 0 Å². The van der Waals surface area contributed by atoms with Crippen LogP contribution in [-0.4, -0.2) is 25.3 Å². The fraction of sp³-hybridized carbons (Fsp3) is 0.700. The van der Waals surface area contributed by atoms with E-state index >= 15 is 0 Å². The van der Waals surface area contributed by atoms with Gasteiger partial charge in [-0.2, -0.15) is 0 Å². The van der Waals surface area contributed by atoms with E-state index in [1.165, 1.54) is 0 Å². The molecule has 0 fully saturated rings. The maximum atomic E-state index is 10.9. The average molecular weight is 186 g/mol. The van der Waals surface area contributed by atoms with Crippen molar-refractivity contribution in [1.82, 2.24) is 0 Å². The van der Waals surface area contributed by atoms with Crippen LogP contribution in [-0.2, 0) is 14.3 Å². The number of hydrogen-bond acceptors (Lipinski definition) is 3. The standard InChI is InChI=1S/C10H18O3/c1-4-6-10(11)13-8-9(3)12-7-5-2/h5,9H,2,4,6-8H2,1,3H3. The molecule has 76 valence electrons.